The van der Waals surface area contributed by atoms with Crippen molar-refractivity contribution in [3.05, 3.63) is 12.3 Å². The highest BCUT2D eigenvalue weighted by Gasteiger charge is 2.33. The van der Waals surface area contributed by atoms with Gasteiger partial charge in [0.15, 0.2) is 0 Å². The number of ether oxygens (including phenoxy) is 1. The Morgan fingerprint density at radius 2 is 2.20 bits per heavy atom. The fourth-order valence-electron chi connectivity index (χ4n) is 2.72. The number of likely N-dealkylation sites (tertiary alicyclic amines) is 1. The molecular weight excluding hydrogens is 186 g/mol. The summed E-state index contributed by atoms with van der Waals surface area (Å²) in [5.74, 6) is 1.51. The van der Waals surface area contributed by atoms with Crippen molar-refractivity contribution in [1.29, 1.82) is 0 Å². The van der Waals surface area contributed by atoms with Gasteiger partial charge in [0.1, 0.15) is 0 Å². The van der Waals surface area contributed by atoms with Crippen LogP contribution in [0.1, 0.15) is 33.6 Å². The summed E-state index contributed by atoms with van der Waals surface area (Å²) in [6.07, 6.45) is 2.27. The fourth-order valence-corrected chi connectivity index (χ4v) is 2.72. The Morgan fingerprint density at radius 1 is 1.53 bits per heavy atom. The largest absolute Gasteiger partial charge is 0.384 e. The normalized spacial score (nSPS) is 26.3. The van der Waals surface area contributed by atoms with E-state index < -0.39 is 0 Å². The highest BCUT2D eigenvalue weighted by atomic mass is 16.5. The third kappa shape index (κ3) is 2.97. The topological polar surface area (TPSA) is 12.5 Å². The van der Waals surface area contributed by atoms with Crippen LogP contribution in [0, 0.1) is 11.8 Å². The van der Waals surface area contributed by atoms with E-state index in [4.69, 9.17) is 4.74 Å². The molecule has 0 bridgehead atoms. The number of methoxy groups -OCH3 is 1. The molecule has 1 fully saturated rings. The molecule has 1 aliphatic rings. The van der Waals surface area contributed by atoms with E-state index in [2.05, 4.69) is 32.3 Å². The van der Waals surface area contributed by atoms with Crippen LogP contribution < -0.4 is 0 Å². The van der Waals surface area contributed by atoms with E-state index in [0.29, 0.717) is 12.0 Å². The second kappa shape index (κ2) is 5.55. The van der Waals surface area contributed by atoms with Crippen LogP contribution in [-0.2, 0) is 4.74 Å². The van der Waals surface area contributed by atoms with Crippen LogP contribution in [0.4, 0.5) is 0 Å². The lowest BCUT2D eigenvalue weighted by atomic mass is 9.92. The number of nitrogens with zero attached hydrogens (tertiary/aromatic N) is 1. The van der Waals surface area contributed by atoms with Gasteiger partial charge in [0.2, 0.25) is 0 Å². The SMILES string of the molecule is C=C(CCOC)N1CCC(C)C1C(C)C. The molecule has 1 rings (SSSR count). The minimum atomic E-state index is 0.675. The van der Waals surface area contributed by atoms with Crippen molar-refractivity contribution >= 4 is 0 Å². The summed E-state index contributed by atoms with van der Waals surface area (Å²) >= 11 is 0. The van der Waals surface area contributed by atoms with Gasteiger partial charge in [0.25, 0.3) is 0 Å². The molecule has 0 aromatic rings. The molecule has 1 heterocycles. The van der Waals surface area contributed by atoms with E-state index in [0.717, 1.165) is 18.9 Å². The molecule has 1 saturated heterocycles. The highest BCUT2D eigenvalue weighted by Crippen LogP contribution is 2.32. The summed E-state index contributed by atoms with van der Waals surface area (Å²) in [5, 5.41) is 0. The molecule has 2 heteroatoms. The lowest BCUT2D eigenvalue weighted by Crippen LogP contribution is -2.35. The third-order valence-electron chi connectivity index (χ3n) is 3.45. The summed E-state index contributed by atoms with van der Waals surface area (Å²) in [4.78, 5) is 2.49. The average molecular weight is 211 g/mol. The summed E-state index contributed by atoms with van der Waals surface area (Å²) < 4.78 is 5.11. The predicted molar refractivity (Wildman–Crippen MR) is 64.7 cm³/mol. The molecule has 0 spiro atoms. The second-order valence-electron chi connectivity index (χ2n) is 5.00. The maximum atomic E-state index is 5.11. The zero-order valence-electron chi connectivity index (χ0n) is 10.6. The Balaban J connectivity index is 2.56. The molecule has 0 aromatic heterocycles. The Morgan fingerprint density at radius 3 is 2.73 bits per heavy atom. The molecule has 0 aromatic carbocycles. The molecule has 0 aliphatic carbocycles. The molecule has 0 radical (unpaired) electrons. The van der Waals surface area contributed by atoms with Gasteiger partial charge in [-0.05, 0) is 18.3 Å². The first-order chi connectivity index (χ1) is 7.07. The van der Waals surface area contributed by atoms with Crippen molar-refractivity contribution in [3.63, 3.8) is 0 Å². The van der Waals surface area contributed by atoms with Gasteiger partial charge >= 0.3 is 0 Å². The number of hydrogen-bond acceptors (Lipinski definition) is 2. The van der Waals surface area contributed by atoms with E-state index >= 15 is 0 Å². The fraction of sp³-hybridized carbons (Fsp3) is 0.846. The van der Waals surface area contributed by atoms with Crippen LogP contribution in [0.3, 0.4) is 0 Å². The van der Waals surface area contributed by atoms with Crippen LogP contribution in [0.2, 0.25) is 0 Å². The van der Waals surface area contributed by atoms with Crippen LogP contribution in [-0.4, -0.2) is 31.2 Å². The zero-order valence-corrected chi connectivity index (χ0v) is 10.6. The van der Waals surface area contributed by atoms with Crippen molar-refractivity contribution in [1.82, 2.24) is 4.90 Å². The number of rotatable bonds is 5. The highest BCUT2D eigenvalue weighted by molar-refractivity contribution is 5.02. The number of hydrogen-bond donors (Lipinski definition) is 0. The van der Waals surface area contributed by atoms with Crippen molar-refractivity contribution in [3.8, 4) is 0 Å². The smallest absolute Gasteiger partial charge is 0.0516 e. The maximum Gasteiger partial charge on any atom is 0.0516 e. The molecule has 2 unspecified atom stereocenters. The molecule has 0 saturated carbocycles. The standard InChI is InChI=1S/C13H25NO/c1-10(2)13-11(3)6-8-14(13)12(4)7-9-15-5/h10-11,13H,4,6-9H2,1-3,5H3. The van der Waals surface area contributed by atoms with Crippen LogP contribution >= 0.6 is 0 Å². The first-order valence-electron chi connectivity index (χ1n) is 6.01. The summed E-state index contributed by atoms with van der Waals surface area (Å²) in [5.41, 5.74) is 1.25. The Labute approximate surface area is 94.3 Å². The Bertz CT molecular complexity index is 213. The van der Waals surface area contributed by atoms with Crippen LogP contribution in [0.25, 0.3) is 0 Å². The van der Waals surface area contributed by atoms with Crippen molar-refractivity contribution in [2.45, 2.75) is 39.7 Å². The molecular formula is C13H25NO. The molecule has 2 nitrogen and oxygen atoms in total. The Hall–Kier alpha value is -0.500. The molecule has 0 amide bonds. The predicted octanol–water partition coefficient (Wildman–Crippen LogP) is 2.90. The van der Waals surface area contributed by atoms with E-state index in [1.54, 1.807) is 7.11 Å². The Kier molecular flexibility index (Phi) is 4.65. The average Bonchev–Trinajstić information content (AvgIpc) is 2.56. The van der Waals surface area contributed by atoms with Crippen molar-refractivity contribution in [2.24, 2.45) is 11.8 Å². The summed E-state index contributed by atoms with van der Waals surface area (Å²) in [7, 11) is 1.75. The minimum absolute atomic E-state index is 0.675. The van der Waals surface area contributed by atoms with Gasteiger partial charge < -0.3 is 9.64 Å². The van der Waals surface area contributed by atoms with E-state index in [9.17, 15) is 0 Å². The first-order valence-corrected chi connectivity index (χ1v) is 6.01. The van der Waals surface area contributed by atoms with Crippen LogP contribution in [0.15, 0.2) is 12.3 Å². The van der Waals surface area contributed by atoms with Crippen LogP contribution in [0.5, 0.6) is 0 Å². The monoisotopic (exact) mass is 211 g/mol. The lowest BCUT2D eigenvalue weighted by molar-refractivity contribution is 0.175. The van der Waals surface area contributed by atoms with Gasteiger partial charge in [-0.25, -0.2) is 0 Å². The lowest BCUT2D eigenvalue weighted by Gasteiger charge is -2.33. The van der Waals surface area contributed by atoms with Gasteiger partial charge in [-0.1, -0.05) is 27.4 Å². The van der Waals surface area contributed by atoms with Crippen molar-refractivity contribution < 1.29 is 4.74 Å². The molecule has 15 heavy (non-hydrogen) atoms. The summed E-state index contributed by atoms with van der Waals surface area (Å²) in [6, 6.07) is 0.675. The molecule has 88 valence electrons. The zero-order chi connectivity index (χ0) is 11.4. The van der Waals surface area contributed by atoms with E-state index in [1.807, 2.05) is 0 Å². The molecule has 0 N–H and O–H groups in total. The van der Waals surface area contributed by atoms with Gasteiger partial charge in [-0.2, -0.15) is 0 Å². The van der Waals surface area contributed by atoms with Crippen molar-refractivity contribution in [2.75, 3.05) is 20.3 Å². The quantitative estimate of drug-likeness (QED) is 0.693. The van der Waals surface area contributed by atoms with Gasteiger partial charge in [-0.15, -0.1) is 0 Å². The summed E-state index contributed by atoms with van der Waals surface area (Å²) in [6.45, 7) is 13.1. The maximum absolute atomic E-state index is 5.11. The van der Waals surface area contributed by atoms with Gasteiger partial charge in [0.05, 0.1) is 6.61 Å². The van der Waals surface area contributed by atoms with E-state index in [-0.39, 0.29) is 0 Å². The van der Waals surface area contributed by atoms with Gasteiger partial charge in [-0.3, -0.25) is 0 Å². The third-order valence-corrected chi connectivity index (χ3v) is 3.45. The minimum Gasteiger partial charge on any atom is -0.384 e. The molecule has 1 aliphatic heterocycles. The molecule has 2 atom stereocenters. The first kappa shape index (κ1) is 12.6. The van der Waals surface area contributed by atoms with E-state index in [1.165, 1.54) is 18.7 Å². The van der Waals surface area contributed by atoms with Gasteiger partial charge in [0, 0.05) is 31.8 Å². The second-order valence-corrected chi connectivity index (χ2v) is 5.00.